The van der Waals surface area contributed by atoms with E-state index in [1.807, 2.05) is 41.5 Å². The van der Waals surface area contributed by atoms with E-state index in [1.54, 1.807) is 0 Å². The number of hydrogen-bond acceptors (Lipinski definition) is 4. The van der Waals surface area contributed by atoms with Crippen molar-refractivity contribution in [2.75, 3.05) is 0 Å². The molecule has 1 aliphatic carbocycles. The first-order valence-corrected chi connectivity index (χ1v) is 7.61. The zero-order chi connectivity index (χ0) is 13.9. The van der Waals surface area contributed by atoms with Gasteiger partial charge in [0.05, 0.1) is 9.06 Å². The molecule has 1 aromatic heterocycles. The lowest BCUT2D eigenvalue weighted by molar-refractivity contribution is -0.110. The average molecular weight is 282 g/mol. The van der Waals surface area contributed by atoms with Gasteiger partial charge in [-0.1, -0.05) is 64.2 Å². The molecule has 0 radical (unpaired) electrons. The van der Waals surface area contributed by atoms with E-state index in [0.717, 1.165) is 20.2 Å². The maximum atomic E-state index is 12.7. The molecule has 0 saturated carbocycles. The van der Waals surface area contributed by atoms with Crippen LogP contribution in [-0.2, 0) is 4.79 Å². The van der Waals surface area contributed by atoms with Gasteiger partial charge in [0.25, 0.3) is 4.06 Å². The van der Waals surface area contributed by atoms with Crippen molar-refractivity contribution >= 4 is 39.6 Å². The number of Topliss-reactive ketones (excluding diaryl/α,β-unsaturated/α-hetero) is 1. The Kier molecular flexibility index (Phi) is 2.95. The van der Waals surface area contributed by atoms with Crippen molar-refractivity contribution in [2.45, 2.75) is 41.5 Å². The fraction of sp³-hybridized carbons (Fsp3) is 0.571. The highest BCUT2D eigenvalue weighted by atomic mass is 32.2. The van der Waals surface area contributed by atoms with Crippen molar-refractivity contribution in [1.82, 2.24) is 0 Å². The third kappa shape index (κ3) is 2.01. The standard InChI is InChI=1S/C14H18O2S2/c1-13(2,3)7-9(15)8(14(4,5)6)11-10(7)17-12(16)18-11/h1-6H3. The third-order valence-corrected chi connectivity index (χ3v) is 5.17. The summed E-state index contributed by atoms with van der Waals surface area (Å²) < 4.78 is 1.90. The lowest BCUT2D eigenvalue weighted by atomic mass is 9.78. The molecule has 0 aliphatic heterocycles. The number of ketones is 1. The summed E-state index contributed by atoms with van der Waals surface area (Å²) in [6, 6.07) is 0. The zero-order valence-corrected chi connectivity index (χ0v) is 13.3. The molecular formula is C14H18O2S2. The molecule has 0 saturated heterocycles. The first kappa shape index (κ1) is 13.7. The average Bonchev–Trinajstić information content (AvgIpc) is 2.52. The maximum Gasteiger partial charge on any atom is 0.288 e. The first-order chi connectivity index (χ1) is 8.03. The van der Waals surface area contributed by atoms with Crippen LogP contribution in [0.1, 0.15) is 41.5 Å². The molecule has 18 heavy (non-hydrogen) atoms. The molecule has 0 bridgehead atoms. The van der Waals surface area contributed by atoms with E-state index in [4.69, 9.17) is 0 Å². The smallest absolute Gasteiger partial charge is 0.288 e. The third-order valence-electron chi connectivity index (χ3n) is 2.99. The second kappa shape index (κ2) is 3.87. The molecule has 0 unspecified atom stereocenters. The Labute approximate surface area is 115 Å². The summed E-state index contributed by atoms with van der Waals surface area (Å²) in [4.78, 5) is 24.3. The summed E-state index contributed by atoms with van der Waals surface area (Å²) in [5.74, 6) is 0.132. The number of fused-ring (bicyclic) bond motifs is 1. The second-order valence-electron chi connectivity index (χ2n) is 6.69. The van der Waals surface area contributed by atoms with Gasteiger partial charge in [0, 0.05) is 11.1 Å². The van der Waals surface area contributed by atoms with E-state index in [2.05, 4.69) is 0 Å². The van der Waals surface area contributed by atoms with E-state index in [9.17, 15) is 9.59 Å². The molecule has 0 aromatic carbocycles. The van der Waals surface area contributed by atoms with E-state index in [-0.39, 0.29) is 20.7 Å². The van der Waals surface area contributed by atoms with Crippen molar-refractivity contribution in [3.8, 4) is 0 Å². The largest absolute Gasteiger partial charge is 0.289 e. The number of carbonyl (C=O) groups is 1. The summed E-state index contributed by atoms with van der Waals surface area (Å²) in [7, 11) is 0. The Morgan fingerprint density at radius 2 is 1.06 bits per heavy atom. The van der Waals surface area contributed by atoms with Gasteiger partial charge in [-0.25, -0.2) is 0 Å². The van der Waals surface area contributed by atoms with Crippen molar-refractivity contribution in [2.24, 2.45) is 10.8 Å². The molecule has 0 atom stereocenters. The van der Waals surface area contributed by atoms with E-state index in [0.29, 0.717) is 0 Å². The Balaban J connectivity index is 2.97. The Morgan fingerprint density at radius 1 is 0.722 bits per heavy atom. The highest BCUT2D eigenvalue weighted by Gasteiger charge is 2.37. The van der Waals surface area contributed by atoms with Gasteiger partial charge in [-0.15, -0.1) is 0 Å². The minimum atomic E-state index is -0.219. The highest BCUT2D eigenvalue weighted by molar-refractivity contribution is 7.25. The summed E-state index contributed by atoms with van der Waals surface area (Å²) in [6.07, 6.45) is 0. The molecule has 4 heteroatoms. The van der Waals surface area contributed by atoms with Crippen LogP contribution in [0, 0.1) is 10.8 Å². The Morgan fingerprint density at radius 3 is 1.33 bits per heavy atom. The fourth-order valence-electron chi connectivity index (χ4n) is 2.30. The topological polar surface area (TPSA) is 34.1 Å². The quantitative estimate of drug-likeness (QED) is 0.730. The van der Waals surface area contributed by atoms with Gasteiger partial charge in [-0.05, 0) is 10.8 Å². The van der Waals surface area contributed by atoms with Gasteiger partial charge in [-0.2, -0.15) is 0 Å². The minimum absolute atomic E-state index is 0.0796. The Bertz CT molecular complexity index is 631. The summed E-state index contributed by atoms with van der Waals surface area (Å²) in [5, 5.41) is 0. The fourth-order valence-corrected chi connectivity index (χ4v) is 4.94. The van der Waals surface area contributed by atoms with Crippen molar-refractivity contribution < 1.29 is 4.79 Å². The van der Waals surface area contributed by atoms with Crippen LogP contribution in [0.3, 0.4) is 0 Å². The lowest BCUT2D eigenvalue weighted by Gasteiger charge is -2.24. The van der Waals surface area contributed by atoms with Crippen LogP contribution in [0.15, 0.2) is 4.79 Å². The van der Waals surface area contributed by atoms with Gasteiger partial charge in [0.1, 0.15) is 0 Å². The van der Waals surface area contributed by atoms with Gasteiger partial charge in [-0.3, -0.25) is 9.59 Å². The van der Waals surface area contributed by atoms with Crippen LogP contribution < -0.4 is 13.1 Å². The second-order valence-corrected chi connectivity index (χ2v) is 8.92. The maximum absolute atomic E-state index is 12.7. The minimum Gasteiger partial charge on any atom is -0.289 e. The molecule has 2 nitrogen and oxygen atoms in total. The van der Waals surface area contributed by atoms with Crippen molar-refractivity contribution in [3.05, 3.63) is 17.9 Å². The number of hydrogen-bond donors (Lipinski definition) is 0. The predicted molar refractivity (Wildman–Crippen MR) is 78.4 cm³/mol. The van der Waals surface area contributed by atoms with Gasteiger partial charge < -0.3 is 0 Å². The van der Waals surface area contributed by atoms with Crippen LogP contribution in [0.5, 0.6) is 0 Å². The first-order valence-electron chi connectivity index (χ1n) is 5.97. The molecule has 0 amide bonds. The molecule has 1 aromatic rings. The van der Waals surface area contributed by atoms with Crippen LogP contribution in [-0.4, -0.2) is 5.78 Å². The molecule has 0 N–H and O–H groups in total. The predicted octanol–water partition coefficient (Wildman–Crippen LogP) is 2.15. The van der Waals surface area contributed by atoms with Gasteiger partial charge in [0.2, 0.25) is 0 Å². The highest BCUT2D eigenvalue weighted by Crippen LogP contribution is 2.37. The van der Waals surface area contributed by atoms with E-state index in [1.165, 1.54) is 22.7 Å². The zero-order valence-electron chi connectivity index (χ0n) is 11.6. The SMILES string of the molecule is CC(C)(C)C1=c2sc(=O)sc2=C(C(C)(C)C)C1=O. The molecule has 0 fully saturated rings. The monoisotopic (exact) mass is 282 g/mol. The van der Waals surface area contributed by atoms with Crippen molar-refractivity contribution in [3.63, 3.8) is 0 Å². The van der Waals surface area contributed by atoms with Gasteiger partial charge in [0.15, 0.2) is 5.78 Å². The number of carbonyl (C=O) groups excluding carboxylic acids is 1. The molecule has 0 spiro atoms. The normalized spacial score (nSPS) is 16.4. The van der Waals surface area contributed by atoms with Crippen LogP contribution >= 0.6 is 22.7 Å². The van der Waals surface area contributed by atoms with E-state index >= 15 is 0 Å². The molecule has 98 valence electrons. The van der Waals surface area contributed by atoms with Crippen LogP contribution in [0.2, 0.25) is 0 Å². The Hall–Kier alpha value is -0.740. The summed E-state index contributed by atoms with van der Waals surface area (Å²) in [5.41, 5.74) is 1.18. The van der Waals surface area contributed by atoms with Crippen LogP contribution in [0.4, 0.5) is 0 Å². The molecular weight excluding hydrogens is 264 g/mol. The van der Waals surface area contributed by atoms with E-state index < -0.39 is 0 Å². The lowest BCUT2D eigenvalue weighted by Crippen LogP contribution is -2.22. The van der Waals surface area contributed by atoms with Gasteiger partial charge >= 0.3 is 0 Å². The summed E-state index contributed by atoms with van der Waals surface area (Å²) in [6.45, 7) is 12.2. The summed E-state index contributed by atoms with van der Waals surface area (Å²) >= 11 is 2.44. The molecule has 1 aliphatic rings. The number of rotatable bonds is 0. The molecule has 1 heterocycles. The molecule has 2 rings (SSSR count). The van der Waals surface area contributed by atoms with Crippen molar-refractivity contribution in [1.29, 1.82) is 0 Å². The van der Waals surface area contributed by atoms with Crippen LogP contribution in [0.25, 0.3) is 11.1 Å².